The van der Waals surface area contributed by atoms with Crippen molar-refractivity contribution in [3.63, 3.8) is 0 Å². The zero-order valence-electron chi connectivity index (χ0n) is 12.3. The summed E-state index contributed by atoms with van der Waals surface area (Å²) in [6.45, 7) is 7.15. The predicted molar refractivity (Wildman–Crippen MR) is 77.4 cm³/mol. The molecule has 0 saturated carbocycles. The molecule has 1 aromatic rings. The quantitative estimate of drug-likeness (QED) is 0.869. The standard InChI is InChI=1S/C16H24FNO2/c1-12(2)9-18-10-13-5-3-7-15(17)16(13)20-14-6-4-8-19-11-14/h3,5,7,12,14,18H,4,6,8-11H2,1-2H3. The van der Waals surface area contributed by atoms with Crippen LogP contribution in [0, 0.1) is 11.7 Å². The Bertz CT molecular complexity index is 417. The van der Waals surface area contributed by atoms with Crippen LogP contribution >= 0.6 is 0 Å². The first-order valence-corrected chi connectivity index (χ1v) is 7.39. The van der Waals surface area contributed by atoms with E-state index in [1.54, 1.807) is 6.07 Å². The molecule has 1 saturated heterocycles. The summed E-state index contributed by atoms with van der Waals surface area (Å²) < 4.78 is 25.2. The van der Waals surface area contributed by atoms with E-state index in [0.717, 1.165) is 31.6 Å². The van der Waals surface area contributed by atoms with Gasteiger partial charge in [-0.05, 0) is 31.4 Å². The third-order valence-corrected chi connectivity index (χ3v) is 3.32. The van der Waals surface area contributed by atoms with E-state index < -0.39 is 0 Å². The number of hydrogen-bond acceptors (Lipinski definition) is 3. The van der Waals surface area contributed by atoms with E-state index >= 15 is 0 Å². The molecule has 112 valence electrons. The van der Waals surface area contributed by atoms with Gasteiger partial charge in [-0.1, -0.05) is 26.0 Å². The van der Waals surface area contributed by atoms with Gasteiger partial charge in [-0.3, -0.25) is 0 Å². The van der Waals surface area contributed by atoms with Gasteiger partial charge in [0, 0.05) is 18.7 Å². The number of benzene rings is 1. The zero-order valence-corrected chi connectivity index (χ0v) is 12.3. The highest BCUT2D eigenvalue weighted by Gasteiger charge is 2.19. The normalized spacial score (nSPS) is 19.3. The molecule has 1 aliphatic heterocycles. The summed E-state index contributed by atoms with van der Waals surface area (Å²) in [7, 11) is 0. The van der Waals surface area contributed by atoms with E-state index in [9.17, 15) is 4.39 Å². The molecule has 1 aromatic carbocycles. The third kappa shape index (κ3) is 4.46. The average Bonchev–Trinajstić information content (AvgIpc) is 2.43. The summed E-state index contributed by atoms with van der Waals surface area (Å²) >= 11 is 0. The Balaban J connectivity index is 2.01. The second-order valence-electron chi connectivity index (χ2n) is 5.71. The fourth-order valence-electron chi connectivity index (χ4n) is 2.29. The largest absolute Gasteiger partial charge is 0.485 e. The van der Waals surface area contributed by atoms with Crippen molar-refractivity contribution >= 4 is 0 Å². The first-order chi connectivity index (χ1) is 9.66. The highest BCUT2D eigenvalue weighted by Crippen LogP contribution is 2.25. The Morgan fingerprint density at radius 2 is 2.30 bits per heavy atom. The van der Waals surface area contributed by atoms with Crippen LogP contribution in [0.25, 0.3) is 0 Å². The Hall–Kier alpha value is -1.13. The smallest absolute Gasteiger partial charge is 0.165 e. The van der Waals surface area contributed by atoms with Crippen LogP contribution in [0.2, 0.25) is 0 Å². The van der Waals surface area contributed by atoms with Gasteiger partial charge in [-0.25, -0.2) is 4.39 Å². The maximum absolute atomic E-state index is 14.0. The molecule has 0 spiro atoms. The van der Waals surface area contributed by atoms with Gasteiger partial charge in [0.25, 0.3) is 0 Å². The monoisotopic (exact) mass is 281 g/mol. The van der Waals surface area contributed by atoms with E-state index in [4.69, 9.17) is 9.47 Å². The molecule has 0 bridgehead atoms. The van der Waals surface area contributed by atoms with Crippen LogP contribution in [0.3, 0.4) is 0 Å². The maximum atomic E-state index is 14.0. The van der Waals surface area contributed by atoms with Crippen LogP contribution in [0.15, 0.2) is 18.2 Å². The second kappa shape index (κ2) is 7.60. The Morgan fingerprint density at radius 1 is 1.45 bits per heavy atom. The van der Waals surface area contributed by atoms with E-state index in [1.165, 1.54) is 6.07 Å². The number of ether oxygens (including phenoxy) is 2. The maximum Gasteiger partial charge on any atom is 0.165 e. The molecule has 4 heteroatoms. The van der Waals surface area contributed by atoms with Gasteiger partial charge < -0.3 is 14.8 Å². The number of hydrogen-bond donors (Lipinski definition) is 1. The van der Waals surface area contributed by atoms with Crippen LogP contribution in [-0.4, -0.2) is 25.9 Å². The van der Waals surface area contributed by atoms with Crippen LogP contribution in [0.5, 0.6) is 5.75 Å². The zero-order chi connectivity index (χ0) is 14.4. The summed E-state index contributed by atoms with van der Waals surface area (Å²) in [4.78, 5) is 0. The average molecular weight is 281 g/mol. The number of para-hydroxylation sites is 1. The first kappa shape index (κ1) is 15.3. The summed E-state index contributed by atoms with van der Waals surface area (Å²) in [5.41, 5.74) is 0.872. The Labute approximate surface area is 120 Å². The minimum atomic E-state index is -0.292. The minimum absolute atomic E-state index is 0.0375. The predicted octanol–water partition coefficient (Wildman–Crippen LogP) is 3.13. The molecule has 1 atom stereocenters. The molecule has 1 unspecified atom stereocenters. The van der Waals surface area contributed by atoms with Crippen molar-refractivity contribution in [3.8, 4) is 5.75 Å². The van der Waals surface area contributed by atoms with E-state index in [-0.39, 0.29) is 11.9 Å². The highest BCUT2D eigenvalue weighted by molar-refractivity contribution is 5.35. The van der Waals surface area contributed by atoms with Crippen molar-refractivity contribution in [2.24, 2.45) is 5.92 Å². The summed E-state index contributed by atoms with van der Waals surface area (Å²) in [6, 6.07) is 5.09. The highest BCUT2D eigenvalue weighted by atomic mass is 19.1. The van der Waals surface area contributed by atoms with Gasteiger partial charge in [0.2, 0.25) is 0 Å². The molecule has 0 aliphatic carbocycles. The van der Waals surface area contributed by atoms with Crippen LogP contribution in [0.4, 0.5) is 4.39 Å². The lowest BCUT2D eigenvalue weighted by molar-refractivity contribution is 0.00542. The Morgan fingerprint density at radius 3 is 3.00 bits per heavy atom. The van der Waals surface area contributed by atoms with Crippen molar-refractivity contribution < 1.29 is 13.9 Å². The number of halogens is 1. The van der Waals surface area contributed by atoms with Gasteiger partial charge in [0.15, 0.2) is 11.6 Å². The molecule has 1 N–H and O–H groups in total. The molecule has 3 nitrogen and oxygen atoms in total. The fraction of sp³-hybridized carbons (Fsp3) is 0.625. The van der Waals surface area contributed by atoms with Gasteiger partial charge in [-0.15, -0.1) is 0 Å². The second-order valence-corrected chi connectivity index (χ2v) is 5.71. The van der Waals surface area contributed by atoms with E-state index in [1.807, 2.05) is 6.07 Å². The van der Waals surface area contributed by atoms with Crippen molar-refractivity contribution in [3.05, 3.63) is 29.6 Å². The SMILES string of the molecule is CC(C)CNCc1cccc(F)c1OC1CCCOC1. The number of nitrogens with one attached hydrogen (secondary N) is 1. The van der Waals surface area contributed by atoms with E-state index in [0.29, 0.717) is 24.8 Å². The van der Waals surface area contributed by atoms with Crippen LogP contribution in [0.1, 0.15) is 32.3 Å². The minimum Gasteiger partial charge on any atom is -0.485 e. The lowest BCUT2D eigenvalue weighted by Gasteiger charge is -2.25. The topological polar surface area (TPSA) is 30.5 Å². The number of rotatable bonds is 6. The molecule has 0 aromatic heterocycles. The third-order valence-electron chi connectivity index (χ3n) is 3.32. The molecule has 1 heterocycles. The Kier molecular flexibility index (Phi) is 5.80. The molecular weight excluding hydrogens is 257 g/mol. The lowest BCUT2D eigenvalue weighted by Crippen LogP contribution is -2.29. The summed E-state index contributed by atoms with van der Waals surface area (Å²) in [5, 5.41) is 3.33. The van der Waals surface area contributed by atoms with Gasteiger partial charge in [0.05, 0.1) is 6.61 Å². The molecule has 2 rings (SSSR count). The lowest BCUT2D eigenvalue weighted by atomic mass is 10.1. The van der Waals surface area contributed by atoms with Crippen molar-refractivity contribution in [2.45, 2.75) is 39.3 Å². The van der Waals surface area contributed by atoms with Gasteiger partial charge in [0.1, 0.15) is 6.10 Å². The molecule has 0 amide bonds. The molecular formula is C16H24FNO2. The molecule has 1 aliphatic rings. The first-order valence-electron chi connectivity index (χ1n) is 7.39. The van der Waals surface area contributed by atoms with Crippen LogP contribution < -0.4 is 10.1 Å². The van der Waals surface area contributed by atoms with Crippen molar-refractivity contribution in [1.82, 2.24) is 5.32 Å². The van der Waals surface area contributed by atoms with Gasteiger partial charge in [-0.2, -0.15) is 0 Å². The van der Waals surface area contributed by atoms with Gasteiger partial charge >= 0.3 is 0 Å². The van der Waals surface area contributed by atoms with Crippen molar-refractivity contribution in [2.75, 3.05) is 19.8 Å². The summed E-state index contributed by atoms with van der Waals surface area (Å²) in [6.07, 6.45) is 1.86. The summed E-state index contributed by atoms with van der Waals surface area (Å²) in [5.74, 6) is 0.651. The molecule has 20 heavy (non-hydrogen) atoms. The fourth-order valence-corrected chi connectivity index (χ4v) is 2.29. The van der Waals surface area contributed by atoms with Crippen molar-refractivity contribution in [1.29, 1.82) is 0 Å². The van der Waals surface area contributed by atoms with Crippen LogP contribution in [-0.2, 0) is 11.3 Å². The van der Waals surface area contributed by atoms with E-state index in [2.05, 4.69) is 19.2 Å². The molecule has 1 fully saturated rings. The molecule has 0 radical (unpaired) electrons.